The van der Waals surface area contributed by atoms with Crippen molar-refractivity contribution in [1.82, 2.24) is 0 Å². The summed E-state index contributed by atoms with van der Waals surface area (Å²) >= 11 is 0. The standard InChI is InChI=1S/C10H10F3NO3/c1-2-6-5-7(14-9(15)16)3-4-8(6)17-10(11,12)13/h3-5,14H,2H2,1H3,(H,15,16). The van der Waals surface area contributed by atoms with Crippen LogP contribution in [-0.2, 0) is 6.42 Å². The molecule has 0 saturated heterocycles. The average Bonchev–Trinajstić information content (AvgIpc) is 2.17. The van der Waals surface area contributed by atoms with Crippen molar-refractivity contribution in [3.8, 4) is 5.75 Å². The monoisotopic (exact) mass is 249 g/mol. The van der Waals surface area contributed by atoms with Gasteiger partial charge in [-0.2, -0.15) is 0 Å². The number of rotatable bonds is 3. The van der Waals surface area contributed by atoms with E-state index >= 15 is 0 Å². The maximum atomic E-state index is 12.0. The predicted octanol–water partition coefficient (Wildman–Crippen LogP) is 3.24. The average molecular weight is 249 g/mol. The summed E-state index contributed by atoms with van der Waals surface area (Å²) in [7, 11) is 0. The molecule has 0 aliphatic heterocycles. The summed E-state index contributed by atoms with van der Waals surface area (Å²) in [5.41, 5.74) is 0.470. The smallest absolute Gasteiger partial charge is 0.465 e. The molecule has 0 heterocycles. The molecule has 4 nitrogen and oxygen atoms in total. The first-order chi connectivity index (χ1) is 7.81. The second-order valence-corrected chi connectivity index (χ2v) is 3.15. The molecule has 1 rings (SSSR count). The van der Waals surface area contributed by atoms with Gasteiger partial charge in [-0.15, -0.1) is 13.2 Å². The summed E-state index contributed by atoms with van der Waals surface area (Å²) < 4.78 is 39.9. The highest BCUT2D eigenvalue weighted by Crippen LogP contribution is 2.28. The van der Waals surface area contributed by atoms with Gasteiger partial charge < -0.3 is 9.84 Å². The molecule has 0 unspecified atom stereocenters. The van der Waals surface area contributed by atoms with E-state index in [1.165, 1.54) is 12.1 Å². The van der Waals surface area contributed by atoms with Crippen molar-refractivity contribution in [2.45, 2.75) is 19.7 Å². The molecule has 7 heteroatoms. The molecule has 0 atom stereocenters. The number of ether oxygens (including phenoxy) is 1. The summed E-state index contributed by atoms with van der Waals surface area (Å²) in [6, 6.07) is 3.58. The fraction of sp³-hybridized carbons (Fsp3) is 0.300. The van der Waals surface area contributed by atoms with Gasteiger partial charge in [0.2, 0.25) is 0 Å². The highest BCUT2D eigenvalue weighted by Gasteiger charge is 2.31. The van der Waals surface area contributed by atoms with Crippen LogP contribution in [0.3, 0.4) is 0 Å². The Morgan fingerprint density at radius 1 is 1.47 bits per heavy atom. The van der Waals surface area contributed by atoms with E-state index in [2.05, 4.69) is 4.74 Å². The SMILES string of the molecule is CCc1cc(NC(=O)O)ccc1OC(F)(F)F. The molecule has 1 aromatic rings. The number of benzene rings is 1. The van der Waals surface area contributed by atoms with Crippen LogP contribution in [0.25, 0.3) is 0 Å². The minimum Gasteiger partial charge on any atom is -0.465 e. The van der Waals surface area contributed by atoms with E-state index in [9.17, 15) is 18.0 Å². The summed E-state index contributed by atoms with van der Waals surface area (Å²) in [6.45, 7) is 1.64. The number of aryl methyl sites for hydroxylation is 1. The Balaban J connectivity index is 2.97. The molecule has 0 spiro atoms. The largest absolute Gasteiger partial charge is 0.573 e. The van der Waals surface area contributed by atoms with Crippen molar-refractivity contribution < 1.29 is 27.8 Å². The number of halogens is 3. The third kappa shape index (κ3) is 4.21. The number of anilines is 1. The van der Waals surface area contributed by atoms with E-state index in [0.717, 1.165) is 6.07 Å². The van der Waals surface area contributed by atoms with E-state index in [0.29, 0.717) is 6.42 Å². The lowest BCUT2D eigenvalue weighted by molar-refractivity contribution is -0.274. The Labute approximate surface area is 95.0 Å². The minimum atomic E-state index is -4.76. The van der Waals surface area contributed by atoms with Crippen LogP contribution < -0.4 is 10.1 Å². The van der Waals surface area contributed by atoms with Crippen molar-refractivity contribution in [3.63, 3.8) is 0 Å². The van der Waals surface area contributed by atoms with Gasteiger partial charge in [0, 0.05) is 5.69 Å². The summed E-state index contributed by atoms with van der Waals surface area (Å²) in [5, 5.41) is 10.5. The lowest BCUT2D eigenvalue weighted by Gasteiger charge is -2.13. The first-order valence-corrected chi connectivity index (χ1v) is 4.70. The molecule has 0 saturated carbocycles. The maximum absolute atomic E-state index is 12.0. The van der Waals surface area contributed by atoms with Crippen LogP contribution in [0.2, 0.25) is 0 Å². The highest BCUT2D eigenvalue weighted by atomic mass is 19.4. The van der Waals surface area contributed by atoms with Crippen molar-refractivity contribution in [2.24, 2.45) is 0 Å². The fourth-order valence-electron chi connectivity index (χ4n) is 1.28. The topological polar surface area (TPSA) is 58.6 Å². The second-order valence-electron chi connectivity index (χ2n) is 3.15. The number of hydrogen-bond acceptors (Lipinski definition) is 2. The Hall–Kier alpha value is -1.92. The zero-order valence-electron chi connectivity index (χ0n) is 8.84. The fourth-order valence-corrected chi connectivity index (χ4v) is 1.28. The van der Waals surface area contributed by atoms with Crippen LogP contribution in [0.4, 0.5) is 23.7 Å². The first kappa shape index (κ1) is 13.1. The van der Waals surface area contributed by atoms with Crippen LogP contribution in [-0.4, -0.2) is 17.6 Å². The number of alkyl halides is 3. The quantitative estimate of drug-likeness (QED) is 0.864. The predicted molar refractivity (Wildman–Crippen MR) is 54.2 cm³/mol. The lowest BCUT2D eigenvalue weighted by atomic mass is 10.1. The van der Waals surface area contributed by atoms with E-state index in [1.807, 2.05) is 5.32 Å². The molecule has 0 bridgehead atoms. The van der Waals surface area contributed by atoms with Gasteiger partial charge in [0.25, 0.3) is 0 Å². The number of amides is 1. The number of nitrogens with one attached hydrogen (secondary N) is 1. The Bertz CT molecular complexity index is 418. The molecule has 0 aliphatic carbocycles. The molecule has 0 aromatic heterocycles. The lowest BCUT2D eigenvalue weighted by Crippen LogP contribution is -2.18. The number of carbonyl (C=O) groups is 1. The van der Waals surface area contributed by atoms with Crippen LogP contribution in [0.1, 0.15) is 12.5 Å². The Kier molecular flexibility index (Phi) is 3.82. The normalized spacial score (nSPS) is 11.1. The van der Waals surface area contributed by atoms with Crippen LogP contribution in [0.15, 0.2) is 18.2 Å². The van der Waals surface area contributed by atoms with Gasteiger partial charge in [0.15, 0.2) is 0 Å². The van der Waals surface area contributed by atoms with Crippen molar-refractivity contribution in [1.29, 1.82) is 0 Å². The number of carboxylic acid groups (broad SMARTS) is 1. The van der Waals surface area contributed by atoms with E-state index in [1.54, 1.807) is 6.92 Å². The van der Waals surface area contributed by atoms with Gasteiger partial charge in [-0.3, -0.25) is 5.32 Å². The van der Waals surface area contributed by atoms with Gasteiger partial charge in [-0.1, -0.05) is 6.92 Å². The van der Waals surface area contributed by atoms with Crippen LogP contribution >= 0.6 is 0 Å². The molecule has 1 aromatic carbocycles. The molecular weight excluding hydrogens is 239 g/mol. The molecule has 0 fully saturated rings. The van der Waals surface area contributed by atoms with Gasteiger partial charge >= 0.3 is 12.5 Å². The van der Waals surface area contributed by atoms with E-state index < -0.39 is 12.5 Å². The van der Waals surface area contributed by atoms with Gasteiger partial charge in [-0.25, -0.2) is 4.79 Å². The van der Waals surface area contributed by atoms with Gasteiger partial charge in [-0.05, 0) is 30.2 Å². The summed E-state index contributed by atoms with van der Waals surface area (Å²) in [6.07, 6.45) is -5.75. The molecule has 0 radical (unpaired) electrons. The molecule has 1 amide bonds. The van der Waals surface area contributed by atoms with E-state index in [-0.39, 0.29) is 17.0 Å². The second kappa shape index (κ2) is 4.94. The zero-order valence-corrected chi connectivity index (χ0v) is 8.84. The van der Waals surface area contributed by atoms with Crippen molar-refractivity contribution in [3.05, 3.63) is 23.8 Å². The van der Waals surface area contributed by atoms with Crippen molar-refractivity contribution in [2.75, 3.05) is 5.32 Å². The Morgan fingerprint density at radius 2 is 2.12 bits per heavy atom. The third-order valence-corrected chi connectivity index (χ3v) is 1.92. The van der Waals surface area contributed by atoms with Crippen LogP contribution in [0, 0.1) is 0 Å². The minimum absolute atomic E-state index is 0.198. The van der Waals surface area contributed by atoms with Crippen LogP contribution in [0.5, 0.6) is 5.75 Å². The number of hydrogen-bond donors (Lipinski definition) is 2. The van der Waals surface area contributed by atoms with Crippen molar-refractivity contribution >= 4 is 11.8 Å². The zero-order chi connectivity index (χ0) is 13.1. The summed E-state index contributed by atoms with van der Waals surface area (Å²) in [4.78, 5) is 10.4. The molecule has 17 heavy (non-hydrogen) atoms. The van der Waals surface area contributed by atoms with Gasteiger partial charge in [0.05, 0.1) is 0 Å². The van der Waals surface area contributed by atoms with Gasteiger partial charge in [0.1, 0.15) is 5.75 Å². The van der Waals surface area contributed by atoms with E-state index in [4.69, 9.17) is 5.11 Å². The molecular formula is C10H10F3NO3. The Morgan fingerprint density at radius 3 is 2.59 bits per heavy atom. The third-order valence-electron chi connectivity index (χ3n) is 1.92. The first-order valence-electron chi connectivity index (χ1n) is 4.70. The molecule has 2 N–H and O–H groups in total. The highest BCUT2D eigenvalue weighted by molar-refractivity contribution is 5.83. The molecule has 94 valence electrons. The molecule has 0 aliphatic rings. The summed E-state index contributed by atoms with van der Waals surface area (Å²) in [5.74, 6) is -0.323. The maximum Gasteiger partial charge on any atom is 0.573 e.